The number of imide groups is 2. The molecule has 1 unspecified atom stereocenters. The van der Waals surface area contributed by atoms with Crippen LogP contribution in [-0.2, 0) is 19.2 Å². The number of hydrogen-bond donors (Lipinski definition) is 3. The number of nitrogens with one attached hydrogen (secondary N) is 3. The number of halogens is 2. The van der Waals surface area contributed by atoms with Gasteiger partial charge in [0, 0.05) is 63.7 Å². The van der Waals surface area contributed by atoms with Crippen molar-refractivity contribution in [3.8, 4) is 5.75 Å². The second kappa shape index (κ2) is 18.5. The molecule has 5 aliphatic heterocycles. The summed E-state index contributed by atoms with van der Waals surface area (Å²) >= 11 is 0. The molecular formula is C47H54F2N10O8. The number of ether oxygens (including phenoxy) is 1. The molecule has 20 heteroatoms. The molecule has 0 spiro atoms. The summed E-state index contributed by atoms with van der Waals surface area (Å²) in [7, 11) is 2.76. The van der Waals surface area contributed by atoms with E-state index in [-0.39, 0.29) is 65.3 Å². The van der Waals surface area contributed by atoms with Crippen molar-refractivity contribution in [1.82, 2.24) is 30.4 Å². The van der Waals surface area contributed by atoms with Gasteiger partial charge in [-0.05, 0) is 87.6 Å². The Bertz CT molecular complexity index is 2500. The summed E-state index contributed by atoms with van der Waals surface area (Å²) < 4.78 is 35.7. The third kappa shape index (κ3) is 8.96. The Morgan fingerprint density at radius 2 is 1.66 bits per heavy atom. The summed E-state index contributed by atoms with van der Waals surface area (Å²) in [5, 5.41) is 8.43. The van der Waals surface area contributed by atoms with Gasteiger partial charge in [0.2, 0.25) is 23.7 Å². The topological polar surface area (TPSA) is 207 Å². The fourth-order valence-electron chi connectivity index (χ4n) is 10.4. The third-order valence-electron chi connectivity index (χ3n) is 14.2. The lowest BCUT2D eigenvalue weighted by Crippen LogP contribution is -2.54. The summed E-state index contributed by atoms with van der Waals surface area (Å²) in [5.41, 5.74) is 2.18. The number of aromatic nitrogens is 2. The fourth-order valence-corrected chi connectivity index (χ4v) is 10.4. The maximum atomic E-state index is 15.1. The van der Waals surface area contributed by atoms with Crippen molar-refractivity contribution in [3.05, 3.63) is 59.3 Å². The molecule has 1 atom stereocenters. The van der Waals surface area contributed by atoms with Crippen LogP contribution in [0.15, 0.2) is 42.6 Å². The van der Waals surface area contributed by atoms with Crippen LogP contribution in [0.1, 0.15) is 108 Å². The second-order valence-corrected chi connectivity index (χ2v) is 18.3. The molecular weight excluding hydrogens is 871 g/mol. The number of fused-ring (bicyclic) bond motifs is 2. The van der Waals surface area contributed by atoms with Gasteiger partial charge in [-0.1, -0.05) is 18.9 Å². The van der Waals surface area contributed by atoms with Gasteiger partial charge >= 0.3 is 5.92 Å². The standard InChI is InChI=1S/C47H54F2N10O8/c1-55-35-25-50-46(54-40(35)58(30-6-3-4-7-30)26-47(48,49)45(55)66)52-32-12-11-28(24-36(32)67-2)41(62)51-29-18-22-57(23-19-29)38(61)15-10-27-16-20-56(21-17-27)33-9-5-8-31-39(33)44(65)59(43(31)64)34-13-14-37(60)53-42(34)63/h5,8-9,11-12,24-25,27,29-30,34H,3-4,6-7,10,13-23,26H2,1-2H3,(H,51,62)(H,50,52,54)(H,53,60,63). The van der Waals surface area contributed by atoms with Crippen LogP contribution in [0, 0.1) is 5.92 Å². The van der Waals surface area contributed by atoms with E-state index in [0.717, 1.165) is 41.9 Å². The number of hydrogen-bond acceptors (Lipinski definition) is 13. The molecule has 3 N–H and O–H groups in total. The second-order valence-electron chi connectivity index (χ2n) is 18.3. The van der Waals surface area contributed by atoms with Crippen molar-refractivity contribution in [3.63, 3.8) is 0 Å². The number of alkyl halides is 2. The Hall–Kier alpha value is -6.73. The molecule has 1 aliphatic carbocycles. The zero-order valence-corrected chi connectivity index (χ0v) is 37.5. The van der Waals surface area contributed by atoms with Gasteiger partial charge in [-0.2, -0.15) is 13.8 Å². The number of rotatable bonds is 11. The predicted molar refractivity (Wildman–Crippen MR) is 241 cm³/mol. The first-order valence-electron chi connectivity index (χ1n) is 23.1. The highest BCUT2D eigenvalue weighted by Crippen LogP contribution is 2.41. The molecule has 0 radical (unpaired) electrons. The van der Waals surface area contributed by atoms with E-state index in [2.05, 4.69) is 30.8 Å². The van der Waals surface area contributed by atoms with Crippen LogP contribution in [0.3, 0.4) is 0 Å². The highest BCUT2D eigenvalue weighted by atomic mass is 19.3. The van der Waals surface area contributed by atoms with Crippen molar-refractivity contribution >= 4 is 70.2 Å². The van der Waals surface area contributed by atoms with Crippen LogP contribution in [0.25, 0.3) is 0 Å². The smallest absolute Gasteiger partial charge is 0.342 e. The summed E-state index contributed by atoms with van der Waals surface area (Å²) in [5.74, 6) is -6.28. The molecule has 7 amide bonds. The van der Waals surface area contributed by atoms with Crippen molar-refractivity contribution in [2.45, 2.75) is 101 Å². The highest BCUT2D eigenvalue weighted by Gasteiger charge is 2.49. The molecule has 354 valence electrons. The van der Waals surface area contributed by atoms with E-state index in [1.165, 1.54) is 25.3 Å². The van der Waals surface area contributed by atoms with Gasteiger partial charge in [-0.15, -0.1) is 0 Å². The average Bonchev–Trinajstić information content (AvgIpc) is 3.94. The number of benzene rings is 2. The molecule has 0 bridgehead atoms. The average molecular weight is 925 g/mol. The minimum absolute atomic E-state index is 0.0517. The van der Waals surface area contributed by atoms with E-state index in [0.29, 0.717) is 86.9 Å². The SMILES string of the molecule is COc1cc(C(=O)NC2CCN(C(=O)CCC3CCN(c4cccc5c4C(=O)N(C4CCC(=O)NC4=O)C5=O)CC3)CC2)ccc1Nc1ncc2c(n1)N(C1CCCC1)CC(F)(F)C(=O)N2C. The van der Waals surface area contributed by atoms with E-state index in [1.807, 2.05) is 11.0 Å². The van der Waals surface area contributed by atoms with Crippen LogP contribution < -0.4 is 35.4 Å². The van der Waals surface area contributed by atoms with Gasteiger partial charge in [0.1, 0.15) is 17.5 Å². The van der Waals surface area contributed by atoms with Gasteiger partial charge in [0.15, 0.2) is 5.82 Å². The largest absolute Gasteiger partial charge is 0.495 e. The Morgan fingerprint density at radius 3 is 2.37 bits per heavy atom. The molecule has 6 aliphatic rings. The molecule has 3 saturated heterocycles. The summed E-state index contributed by atoms with van der Waals surface area (Å²) in [6.07, 6.45) is 8.65. The fraction of sp³-hybridized carbons (Fsp3) is 0.511. The summed E-state index contributed by atoms with van der Waals surface area (Å²) in [6, 6.07) is 8.67. The number of piperidine rings is 3. The van der Waals surface area contributed by atoms with Gasteiger partial charge < -0.3 is 35.0 Å². The van der Waals surface area contributed by atoms with Crippen molar-refractivity contribution in [2.24, 2.45) is 5.92 Å². The number of amides is 7. The monoisotopic (exact) mass is 924 g/mol. The van der Waals surface area contributed by atoms with E-state index in [4.69, 9.17) is 4.74 Å². The van der Waals surface area contributed by atoms with Crippen LogP contribution in [0.5, 0.6) is 5.75 Å². The molecule has 2 aromatic carbocycles. The number of carbonyl (C=O) groups is 7. The molecule has 3 aromatic rings. The summed E-state index contributed by atoms with van der Waals surface area (Å²) in [4.78, 5) is 107. The van der Waals surface area contributed by atoms with Crippen LogP contribution in [0.2, 0.25) is 0 Å². The Kier molecular flexibility index (Phi) is 12.5. The normalized spacial score (nSPS) is 21.6. The first-order chi connectivity index (χ1) is 32.2. The minimum Gasteiger partial charge on any atom is -0.495 e. The number of nitrogens with zero attached hydrogens (tertiary/aromatic N) is 7. The molecule has 9 rings (SSSR count). The van der Waals surface area contributed by atoms with E-state index in [9.17, 15) is 33.6 Å². The van der Waals surface area contributed by atoms with Gasteiger partial charge in [0.05, 0.1) is 42.4 Å². The number of methoxy groups -OCH3 is 1. The van der Waals surface area contributed by atoms with Crippen molar-refractivity contribution in [2.75, 3.05) is 66.9 Å². The van der Waals surface area contributed by atoms with Gasteiger partial charge in [-0.3, -0.25) is 43.8 Å². The molecule has 1 saturated carbocycles. The van der Waals surface area contributed by atoms with E-state index >= 15 is 8.78 Å². The first kappa shape index (κ1) is 45.4. The summed E-state index contributed by atoms with van der Waals surface area (Å²) in [6.45, 7) is 1.53. The van der Waals surface area contributed by atoms with Crippen LogP contribution >= 0.6 is 0 Å². The Labute approximate surface area is 385 Å². The molecule has 1 aromatic heterocycles. The maximum Gasteiger partial charge on any atom is 0.342 e. The van der Waals surface area contributed by atoms with Crippen LogP contribution in [0.4, 0.5) is 37.6 Å². The molecule has 18 nitrogen and oxygen atoms in total. The molecule has 4 fully saturated rings. The third-order valence-corrected chi connectivity index (χ3v) is 14.2. The lowest BCUT2D eigenvalue weighted by molar-refractivity contribution is -0.140. The maximum absolute atomic E-state index is 15.1. The van der Waals surface area contributed by atoms with E-state index in [1.54, 1.807) is 30.3 Å². The van der Waals surface area contributed by atoms with Crippen molar-refractivity contribution < 1.29 is 47.1 Å². The lowest BCUT2D eigenvalue weighted by atomic mass is 9.91. The quantitative estimate of drug-likeness (QED) is 0.228. The first-order valence-corrected chi connectivity index (χ1v) is 23.1. The van der Waals surface area contributed by atoms with Crippen LogP contribution in [-0.4, -0.2) is 132 Å². The Balaban J connectivity index is 0.745. The lowest BCUT2D eigenvalue weighted by Gasteiger charge is -2.35. The molecule has 67 heavy (non-hydrogen) atoms. The minimum atomic E-state index is -3.60. The highest BCUT2D eigenvalue weighted by molar-refractivity contribution is 6.25. The zero-order valence-electron chi connectivity index (χ0n) is 37.5. The Morgan fingerprint density at radius 1 is 0.910 bits per heavy atom. The number of likely N-dealkylation sites (tertiary alicyclic amines) is 1. The molecule has 6 heterocycles. The predicted octanol–water partition coefficient (Wildman–Crippen LogP) is 4.41. The number of anilines is 5. The van der Waals surface area contributed by atoms with E-state index < -0.39 is 48.0 Å². The van der Waals surface area contributed by atoms with Gasteiger partial charge in [0.25, 0.3) is 23.6 Å². The zero-order chi connectivity index (χ0) is 47.1. The number of carbonyl (C=O) groups excluding carboxylic acids is 7. The van der Waals surface area contributed by atoms with Gasteiger partial charge in [-0.25, -0.2) is 4.98 Å². The van der Waals surface area contributed by atoms with Crippen molar-refractivity contribution in [1.29, 1.82) is 0 Å².